The molecular weight excluding hydrogens is 396 g/mol. The summed E-state index contributed by atoms with van der Waals surface area (Å²) in [5, 5.41) is 3.85. The van der Waals surface area contributed by atoms with E-state index in [1.54, 1.807) is 18.2 Å². The Balaban J connectivity index is 1.54. The van der Waals surface area contributed by atoms with Crippen molar-refractivity contribution in [3.63, 3.8) is 0 Å². The van der Waals surface area contributed by atoms with E-state index in [4.69, 9.17) is 11.6 Å². The van der Waals surface area contributed by atoms with Gasteiger partial charge in [0.2, 0.25) is 5.91 Å². The monoisotopic (exact) mass is 416 g/mol. The standard InChI is InChI=1S/C20H21ClN4O2S/c1-24(2)15-9-7-14(8-10-15)11-22-18(26)13-28-20-23-12-19(27)25(20)17-6-4-3-5-16(17)21/h3-10H,11-13H2,1-2H3,(H,22,26). The molecule has 1 heterocycles. The minimum absolute atomic E-state index is 0.0629. The van der Waals surface area contributed by atoms with Crippen LogP contribution in [0, 0.1) is 0 Å². The highest BCUT2D eigenvalue weighted by Gasteiger charge is 2.29. The number of halogens is 1. The van der Waals surface area contributed by atoms with Crippen molar-refractivity contribution in [3.05, 3.63) is 59.1 Å². The number of anilines is 2. The zero-order valence-corrected chi connectivity index (χ0v) is 17.3. The molecule has 28 heavy (non-hydrogen) atoms. The van der Waals surface area contributed by atoms with Gasteiger partial charge in [-0.15, -0.1) is 0 Å². The van der Waals surface area contributed by atoms with Gasteiger partial charge in [0.25, 0.3) is 5.91 Å². The Morgan fingerprint density at radius 3 is 2.61 bits per heavy atom. The van der Waals surface area contributed by atoms with E-state index in [9.17, 15) is 9.59 Å². The van der Waals surface area contributed by atoms with Gasteiger partial charge in [0.15, 0.2) is 5.17 Å². The summed E-state index contributed by atoms with van der Waals surface area (Å²) in [4.78, 5) is 32.2. The third-order valence-corrected chi connectivity index (χ3v) is 5.45. The number of rotatable bonds is 6. The number of amides is 2. The molecule has 6 nitrogen and oxygen atoms in total. The molecule has 2 aromatic carbocycles. The van der Waals surface area contributed by atoms with Gasteiger partial charge in [0.05, 0.1) is 16.5 Å². The van der Waals surface area contributed by atoms with Gasteiger partial charge in [-0.05, 0) is 29.8 Å². The number of benzene rings is 2. The van der Waals surface area contributed by atoms with Crippen LogP contribution in [0.2, 0.25) is 5.02 Å². The average molecular weight is 417 g/mol. The maximum absolute atomic E-state index is 12.2. The van der Waals surface area contributed by atoms with E-state index >= 15 is 0 Å². The molecule has 0 bridgehead atoms. The summed E-state index contributed by atoms with van der Waals surface area (Å²) in [6.07, 6.45) is 0. The fraction of sp³-hybridized carbons (Fsp3) is 0.250. The molecule has 1 N–H and O–H groups in total. The Morgan fingerprint density at radius 2 is 1.93 bits per heavy atom. The summed E-state index contributed by atoms with van der Waals surface area (Å²) in [6.45, 7) is 0.514. The van der Waals surface area contributed by atoms with Gasteiger partial charge in [0, 0.05) is 26.3 Å². The van der Waals surface area contributed by atoms with E-state index < -0.39 is 0 Å². The Labute approximate surface area is 173 Å². The van der Waals surface area contributed by atoms with Crippen LogP contribution < -0.4 is 15.1 Å². The predicted molar refractivity (Wildman–Crippen MR) is 116 cm³/mol. The number of nitrogens with one attached hydrogen (secondary N) is 1. The molecule has 0 unspecified atom stereocenters. The molecule has 0 saturated carbocycles. The second kappa shape index (κ2) is 9.12. The highest BCUT2D eigenvalue weighted by molar-refractivity contribution is 8.14. The summed E-state index contributed by atoms with van der Waals surface area (Å²) in [5.74, 6) is -0.108. The van der Waals surface area contributed by atoms with E-state index in [1.807, 2.05) is 49.3 Å². The summed E-state index contributed by atoms with van der Waals surface area (Å²) in [7, 11) is 3.97. The lowest BCUT2D eigenvalue weighted by molar-refractivity contribution is -0.118. The molecule has 3 rings (SSSR count). The summed E-state index contributed by atoms with van der Waals surface area (Å²) in [5.41, 5.74) is 2.71. The number of hydrogen-bond acceptors (Lipinski definition) is 5. The third-order valence-electron chi connectivity index (χ3n) is 4.16. The van der Waals surface area contributed by atoms with Crippen LogP contribution in [0.25, 0.3) is 0 Å². The van der Waals surface area contributed by atoms with Crippen molar-refractivity contribution in [2.45, 2.75) is 6.54 Å². The molecule has 0 fully saturated rings. The smallest absolute Gasteiger partial charge is 0.254 e. The van der Waals surface area contributed by atoms with Crippen molar-refractivity contribution in [1.82, 2.24) is 5.32 Å². The Bertz CT molecular complexity index is 899. The van der Waals surface area contributed by atoms with Crippen LogP contribution >= 0.6 is 23.4 Å². The van der Waals surface area contributed by atoms with Crippen LogP contribution in [0.5, 0.6) is 0 Å². The van der Waals surface area contributed by atoms with Crippen molar-refractivity contribution in [1.29, 1.82) is 0 Å². The zero-order chi connectivity index (χ0) is 20.1. The Hall–Kier alpha value is -2.51. The quantitative estimate of drug-likeness (QED) is 0.785. The van der Waals surface area contributed by atoms with Crippen LogP contribution in [0.4, 0.5) is 11.4 Å². The van der Waals surface area contributed by atoms with Crippen LogP contribution in [0.3, 0.4) is 0 Å². The van der Waals surface area contributed by atoms with Crippen LogP contribution in [-0.4, -0.2) is 43.4 Å². The van der Waals surface area contributed by atoms with Gasteiger partial charge in [-0.2, -0.15) is 0 Å². The maximum atomic E-state index is 12.2. The van der Waals surface area contributed by atoms with Crippen molar-refractivity contribution < 1.29 is 9.59 Å². The van der Waals surface area contributed by atoms with Crippen LogP contribution in [0.15, 0.2) is 53.5 Å². The first kappa shape index (κ1) is 20.2. The van der Waals surface area contributed by atoms with E-state index in [0.29, 0.717) is 22.4 Å². The van der Waals surface area contributed by atoms with Gasteiger partial charge in [-0.25, -0.2) is 0 Å². The minimum Gasteiger partial charge on any atom is -0.378 e. The zero-order valence-electron chi connectivity index (χ0n) is 15.7. The number of para-hydroxylation sites is 1. The molecule has 1 aliphatic rings. The predicted octanol–water partition coefficient (Wildman–Crippen LogP) is 3.16. The lowest BCUT2D eigenvalue weighted by Gasteiger charge is -2.19. The third kappa shape index (κ3) is 4.85. The van der Waals surface area contributed by atoms with Crippen molar-refractivity contribution in [2.75, 3.05) is 36.2 Å². The lowest BCUT2D eigenvalue weighted by Crippen LogP contribution is -2.32. The number of carbonyl (C=O) groups is 2. The topological polar surface area (TPSA) is 65.0 Å². The minimum atomic E-state index is -0.156. The van der Waals surface area contributed by atoms with Crippen molar-refractivity contribution in [2.24, 2.45) is 4.99 Å². The van der Waals surface area contributed by atoms with Gasteiger partial charge in [-0.3, -0.25) is 19.5 Å². The first-order valence-electron chi connectivity index (χ1n) is 8.73. The number of nitrogens with zero attached hydrogens (tertiary/aromatic N) is 3. The van der Waals surface area contributed by atoms with Gasteiger partial charge in [0.1, 0.15) is 6.54 Å². The van der Waals surface area contributed by atoms with E-state index in [0.717, 1.165) is 11.3 Å². The fourth-order valence-electron chi connectivity index (χ4n) is 2.66. The molecule has 1 aliphatic heterocycles. The van der Waals surface area contributed by atoms with Gasteiger partial charge in [-0.1, -0.05) is 47.6 Å². The van der Waals surface area contributed by atoms with E-state index in [1.165, 1.54) is 16.7 Å². The van der Waals surface area contributed by atoms with Crippen LogP contribution in [0.1, 0.15) is 5.56 Å². The summed E-state index contributed by atoms with van der Waals surface area (Å²) < 4.78 is 0. The number of aliphatic imine (C=N–C) groups is 1. The summed E-state index contributed by atoms with van der Waals surface area (Å²) in [6, 6.07) is 15.1. The Morgan fingerprint density at radius 1 is 1.21 bits per heavy atom. The average Bonchev–Trinajstić information content (AvgIpc) is 3.05. The molecule has 0 radical (unpaired) electrons. The highest BCUT2D eigenvalue weighted by atomic mass is 35.5. The van der Waals surface area contributed by atoms with E-state index in [-0.39, 0.29) is 24.1 Å². The molecule has 146 valence electrons. The molecule has 2 aromatic rings. The fourth-order valence-corrected chi connectivity index (χ4v) is 3.73. The number of hydrogen-bond donors (Lipinski definition) is 1. The SMILES string of the molecule is CN(C)c1ccc(CNC(=O)CSC2=NCC(=O)N2c2ccccc2Cl)cc1. The lowest BCUT2D eigenvalue weighted by atomic mass is 10.2. The molecule has 8 heteroatoms. The molecule has 0 aromatic heterocycles. The second-order valence-corrected chi connectivity index (χ2v) is 7.76. The number of amidine groups is 1. The molecule has 0 aliphatic carbocycles. The van der Waals surface area contributed by atoms with Gasteiger partial charge >= 0.3 is 0 Å². The van der Waals surface area contributed by atoms with E-state index in [2.05, 4.69) is 10.3 Å². The molecule has 0 atom stereocenters. The van der Waals surface area contributed by atoms with Crippen molar-refractivity contribution >= 4 is 51.7 Å². The molecule has 0 saturated heterocycles. The number of thioether (sulfide) groups is 1. The first-order chi connectivity index (χ1) is 13.5. The Kier molecular flexibility index (Phi) is 6.59. The molecular formula is C20H21ClN4O2S. The normalized spacial score (nSPS) is 13.5. The first-order valence-corrected chi connectivity index (χ1v) is 10.1. The van der Waals surface area contributed by atoms with Crippen molar-refractivity contribution in [3.8, 4) is 0 Å². The molecule has 0 spiro atoms. The molecule has 2 amide bonds. The second-order valence-electron chi connectivity index (χ2n) is 6.41. The highest BCUT2D eigenvalue weighted by Crippen LogP contribution is 2.30. The maximum Gasteiger partial charge on any atom is 0.254 e. The summed E-state index contributed by atoms with van der Waals surface area (Å²) >= 11 is 7.43. The van der Waals surface area contributed by atoms with Crippen LogP contribution in [-0.2, 0) is 16.1 Å². The largest absolute Gasteiger partial charge is 0.378 e. The van der Waals surface area contributed by atoms with Gasteiger partial charge < -0.3 is 10.2 Å². The number of carbonyl (C=O) groups excluding carboxylic acids is 2.